The van der Waals surface area contributed by atoms with Crippen molar-refractivity contribution in [2.45, 2.75) is 43.0 Å². The third-order valence-corrected chi connectivity index (χ3v) is 8.35. The first-order chi connectivity index (χ1) is 16.7. The summed E-state index contributed by atoms with van der Waals surface area (Å²) in [4.78, 5) is 14.3. The van der Waals surface area contributed by atoms with Crippen LogP contribution in [0.2, 0.25) is 0 Å². The second-order valence-corrected chi connectivity index (χ2v) is 11.0. The highest BCUT2D eigenvalue weighted by Crippen LogP contribution is 2.27. The summed E-state index contributed by atoms with van der Waals surface area (Å²) in [6, 6.07) is 19.3. The van der Waals surface area contributed by atoms with Crippen molar-refractivity contribution in [3.8, 4) is 5.75 Å². The molecule has 0 fully saturated rings. The number of sulfonamides is 1. The number of aryl methyl sites for hydroxylation is 2. The molecule has 35 heavy (non-hydrogen) atoms. The van der Waals surface area contributed by atoms with Gasteiger partial charge in [0.1, 0.15) is 12.3 Å². The second kappa shape index (κ2) is 11.6. The van der Waals surface area contributed by atoms with Gasteiger partial charge in [0.05, 0.1) is 23.7 Å². The number of hydrogen-bond acceptors (Lipinski definition) is 5. The zero-order chi connectivity index (χ0) is 25.6. The molecule has 0 aliphatic rings. The Bertz CT molecular complexity index is 1260. The molecule has 0 saturated heterocycles. The number of methoxy groups -OCH3 is 1. The van der Waals surface area contributed by atoms with Crippen molar-refractivity contribution in [1.29, 1.82) is 0 Å². The van der Waals surface area contributed by atoms with E-state index in [1.165, 1.54) is 16.1 Å². The highest BCUT2D eigenvalue weighted by Gasteiger charge is 2.28. The molecule has 8 heteroatoms. The van der Waals surface area contributed by atoms with Crippen molar-refractivity contribution in [1.82, 2.24) is 5.32 Å². The number of rotatable bonds is 10. The molecule has 1 N–H and O–H groups in total. The first-order valence-corrected chi connectivity index (χ1v) is 14.0. The van der Waals surface area contributed by atoms with Gasteiger partial charge in [-0.2, -0.15) is 0 Å². The number of benzene rings is 3. The van der Waals surface area contributed by atoms with Crippen LogP contribution in [0.5, 0.6) is 5.75 Å². The standard InChI is InChI=1S/C27H32N2O4S2/c1-6-25(21-9-16-26(33-4)20(3)17-21)28-27(30)18-29(22-10-7-19(2)8-11-22)35(31,32)24-14-12-23(34-5)13-15-24/h7-17,25H,6,18H2,1-5H3,(H,28,30). The van der Waals surface area contributed by atoms with Gasteiger partial charge in [0.2, 0.25) is 5.91 Å². The summed E-state index contributed by atoms with van der Waals surface area (Å²) in [5.74, 6) is 0.397. The van der Waals surface area contributed by atoms with Crippen LogP contribution in [0.25, 0.3) is 0 Å². The summed E-state index contributed by atoms with van der Waals surface area (Å²) >= 11 is 1.54. The normalized spacial score (nSPS) is 12.1. The molecule has 3 aromatic carbocycles. The van der Waals surface area contributed by atoms with Crippen LogP contribution in [0.15, 0.2) is 76.5 Å². The fraction of sp³-hybridized carbons (Fsp3) is 0.296. The van der Waals surface area contributed by atoms with Gasteiger partial charge in [0, 0.05) is 4.90 Å². The summed E-state index contributed by atoms with van der Waals surface area (Å²) in [6.45, 7) is 5.53. The Morgan fingerprint density at radius 3 is 2.23 bits per heavy atom. The summed E-state index contributed by atoms with van der Waals surface area (Å²) < 4.78 is 33.7. The lowest BCUT2D eigenvalue weighted by Crippen LogP contribution is -2.42. The lowest BCUT2D eigenvalue weighted by atomic mass is 10.0. The summed E-state index contributed by atoms with van der Waals surface area (Å²) in [6.07, 6.45) is 2.59. The van der Waals surface area contributed by atoms with Crippen molar-refractivity contribution in [3.63, 3.8) is 0 Å². The molecule has 3 aromatic rings. The van der Waals surface area contributed by atoms with Crippen LogP contribution in [0.1, 0.15) is 36.1 Å². The van der Waals surface area contributed by atoms with Crippen molar-refractivity contribution < 1.29 is 17.9 Å². The molecule has 0 aliphatic carbocycles. The zero-order valence-electron chi connectivity index (χ0n) is 20.7. The predicted molar refractivity (Wildman–Crippen MR) is 143 cm³/mol. The van der Waals surface area contributed by atoms with Crippen molar-refractivity contribution in [2.24, 2.45) is 0 Å². The van der Waals surface area contributed by atoms with Gasteiger partial charge < -0.3 is 10.1 Å². The van der Waals surface area contributed by atoms with Crippen LogP contribution in [-0.2, 0) is 14.8 Å². The van der Waals surface area contributed by atoms with E-state index in [2.05, 4.69) is 5.32 Å². The highest BCUT2D eigenvalue weighted by molar-refractivity contribution is 7.98. The van der Waals surface area contributed by atoms with Crippen molar-refractivity contribution in [3.05, 3.63) is 83.4 Å². The fourth-order valence-electron chi connectivity index (χ4n) is 3.81. The number of hydrogen-bond donors (Lipinski definition) is 1. The number of nitrogens with zero attached hydrogens (tertiary/aromatic N) is 1. The smallest absolute Gasteiger partial charge is 0.264 e. The van der Waals surface area contributed by atoms with Crippen LogP contribution in [0.4, 0.5) is 5.69 Å². The van der Waals surface area contributed by atoms with Crippen LogP contribution in [0, 0.1) is 13.8 Å². The van der Waals surface area contributed by atoms with Gasteiger partial charge in [-0.05, 0) is 80.1 Å². The number of carbonyl (C=O) groups excluding carboxylic acids is 1. The Labute approximate surface area is 212 Å². The van der Waals surface area contributed by atoms with Crippen LogP contribution in [-0.4, -0.2) is 34.2 Å². The van der Waals surface area contributed by atoms with Gasteiger partial charge in [0.25, 0.3) is 10.0 Å². The third kappa shape index (κ3) is 6.38. The Morgan fingerprint density at radius 2 is 1.69 bits per heavy atom. The highest BCUT2D eigenvalue weighted by atomic mass is 32.2. The molecule has 186 valence electrons. The molecule has 0 spiro atoms. The molecular weight excluding hydrogens is 480 g/mol. The van der Waals surface area contributed by atoms with Gasteiger partial charge in [-0.15, -0.1) is 11.8 Å². The Kier molecular flexibility index (Phi) is 8.86. The summed E-state index contributed by atoms with van der Waals surface area (Å²) in [5.41, 5.74) is 3.35. The van der Waals surface area contributed by atoms with E-state index < -0.39 is 10.0 Å². The zero-order valence-corrected chi connectivity index (χ0v) is 22.4. The van der Waals surface area contributed by atoms with Gasteiger partial charge in [-0.1, -0.05) is 36.8 Å². The van der Waals surface area contributed by atoms with E-state index in [1.807, 2.05) is 57.4 Å². The number of nitrogens with one attached hydrogen (secondary N) is 1. The van der Waals surface area contributed by atoms with Crippen LogP contribution >= 0.6 is 11.8 Å². The number of carbonyl (C=O) groups is 1. The lowest BCUT2D eigenvalue weighted by molar-refractivity contribution is -0.120. The maximum absolute atomic E-state index is 13.6. The van der Waals surface area contributed by atoms with E-state index in [0.717, 1.165) is 27.3 Å². The quantitative estimate of drug-likeness (QED) is 0.363. The molecule has 6 nitrogen and oxygen atoms in total. The molecule has 0 radical (unpaired) electrons. The van der Waals surface area contributed by atoms with Gasteiger partial charge in [0.15, 0.2) is 0 Å². The second-order valence-electron chi connectivity index (χ2n) is 8.28. The first-order valence-electron chi connectivity index (χ1n) is 11.4. The number of anilines is 1. The lowest BCUT2D eigenvalue weighted by Gasteiger charge is -2.26. The third-order valence-electron chi connectivity index (χ3n) is 5.82. The van der Waals surface area contributed by atoms with Gasteiger partial charge >= 0.3 is 0 Å². The van der Waals surface area contributed by atoms with Crippen LogP contribution in [0.3, 0.4) is 0 Å². The number of thioether (sulfide) groups is 1. The van der Waals surface area contributed by atoms with E-state index in [0.29, 0.717) is 12.1 Å². The molecule has 1 amide bonds. The maximum Gasteiger partial charge on any atom is 0.264 e. The minimum Gasteiger partial charge on any atom is -0.496 e. The average Bonchev–Trinajstić information content (AvgIpc) is 2.86. The SMILES string of the molecule is CCC(NC(=O)CN(c1ccc(C)cc1)S(=O)(=O)c1ccc(SC)cc1)c1ccc(OC)c(C)c1. The summed E-state index contributed by atoms with van der Waals surface area (Å²) in [7, 11) is -2.34. The van der Waals surface area contributed by atoms with E-state index in [1.54, 1.807) is 43.5 Å². The van der Waals surface area contributed by atoms with Crippen LogP contribution < -0.4 is 14.4 Å². The number of amides is 1. The van der Waals surface area contributed by atoms with E-state index >= 15 is 0 Å². The fourth-order valence-corrected chi connectivity index (χ4v) is 5.64. The largest absolute Gasteiger partial charge is 0.496 e. The molecule has 0 saturated carbocycles. The Balaban J connectivity index is 1.90. The van der Waals surface area contributed by atoms with Crippen molar-refractivity contribution >= 4 is 33.4 Å². The summed E-state index contributed by atoms with van der Waals surface area (Å²) in [5, 5.41) is 3.01. The predicted octanol–water partition coefficient (Wildman–Crippen LogP) is 5.50. The minimum atomic E-state index is -3.96. The molecule has 1 atom stereocenters. The Morgan fingerprint density at radius 1 is 1.03 bits per heavy atom. The minimum absolute atomic E-state index is 0.140. The van der Waals surface area contributed by atoms with Gasteiger partial charge in [-0.3, -0.25) is 9.10 Å². The maximum atomic E-state index is 13.6. The monoisotopic (exact) mass is 512 g/mol. The molecule has 0 aliphatic heterocycles. The van der Waals surface area contributed by atoms with E-state index in [-0.39, 0.29) is 23.4 Å². The molecule has 1 unspecified atom stereocenters. The van der Waals surface area contributed by atoms with Gasteiger partial charge in [-0.25, -0.2) is 8.42 Å². The topological polar surface area (TPSA) is 75.7 Å². The number of ether oxygens (including phenoxy) is 1. The Hall–Kier alpha value is -2.97. The van der Waals surface area contributed by atoms with E-state index in [4.69, 9.17) is 4.74 Å². The molecule has 3 rings (SSSR count). The molecule has 0 bridgehead atoms. The molecule has 0 aromatic heterocycles. The first kappa shape index (κ1) is 26.6. The molecule has 0 heterocycles. The van der Waals surface area contributed by atoms with E-state index in [9.17, 15) is 13.2 Å². The van der Waals surface area contributed by atoms with Crippen molar-refractivity contribution in [2.75, 3.05) is 24.2 Å². The molecular formula is C27H32N2O4S2. The average molecular weight is 513 g/mol.